The van der Waals surface area contributed by atoms with Crippen LogP contribution in [0.1, 0.15) is 11.1 Å². The maximum Gasteiger partial charge on any atom is 0.255 e. The summed E-state index contributed by atoms with van der Waals surface area (Å²) in [7, 11) is 1.47. The van der Waals surface area contributed by atoms with Gasteiger partial charge in [0.05, 0.1) is 18.0 Å². The fraction of sp³-hybridized carbons (Fsp3) is 0.222. The summed E-state index contributed by atoms with van der Waals surface area (Å²) in [5.41, 5.74) is 6.54. The van der Waals surface area contributed by atoms with E-state index in [0.717, 1.165) is 5.56 Å². The summed E-state index contributed by atoms with van der Waals surface area (Å²) < 4.78 is 24.0. The SMILES string of the molecule is COc1cc(CNC(=O)Cc2ccc(F)c(Br)c2)ccc1OCC(N)=O. The second-order valence-electron chi connectivity index (χ2n) is 5.44. The van der Waals surface area contributed by atoms with Crippen LogP contribution in [-0.4, -0.2) is 25.5 Å². The fourth-order valence-corrected chi connectivity index (χ4v) is 2.61. The standard InChI is InChI=1S/C18H18BrFN2O4/c1-25-16-7-12(3-5-15(16)26-10-17(21)23)9-22-18(24)8-11-2-4-14(20)13(19)6-11/h2-7H,8-10H2,1H3,(H2,21,23)(H,22,24). The summed E-state index contributed by atoms with van der Waals surface area (Å²) in [5, 5.41) is 2.78. The smallest absolute Gasteiger partial charge is 0.255 e. The van der Waals surface area contributed by atoms with Gasteiger partial charge in [-0.3, -0.25) is 9.59 Å². The lowest BCUT2D eigenvalue weighted by Gasteiger charge is -2.12. The van der Waals surface area contributed by atoms with Crippen molar-refractivity contribution in [3.8, 4) is 11.5 Å². The van der Waals surface area contributed by atoms with E-state index < -0.39 is 5.91 Å². The predicted molar refractivity (Wildman–Crippen MR) is 97.3 cm³/mol. The Hall–Kier alpha value is -2.61. The van der Waals surface area contributed by atoms with E-state index in [-0.39, 0.29) is 31.3 Å². The van der Waals surface area contributed by atoms with Crippen LogP contribution in [0.3, 0.4) is 0 Å². The predicted octanol–water partition coefficient (Wildman–Crippen LogP) is 2.32. The number of primary amides is 1. The maximum atomic E-state index is 13.2. The van der Waals surface area contributed by atoms with Gasteiger partial charge in [-0.1, -0.05) is 12.1 Å². The monoisotopic (exact) mass is 424 g/mol. The second kappa shape index (κ2) is 9.19. The largest absolute Gasteiger partial charge is 0.493 e. The molecule has 0 unspecified atom stereocenters. The second-order valence-corrected chi connectivity index (χ2v) is 6.30. The third-order valence-electron chi connectivity index (χ3n) is 3.44. The fourth-order valence-electron chi connectivity index (χ4n) is 2.19. The third kappa shape index (κ3) is 5.73. The van der Waals surface area contributed by atoms with Gasteiger partial charge in [0.1, 0.15) is 5.82 Å². The van der Waals surface area contributed by atoms with Gasteiger partial charge >= 0.3 is 0 Å². The Balaban J connectivity index is 1.94. The zero-order valence-corrected chi connectivity index (χ0v) is 15.6. The average molecular weight is 425 g/mol. The van der Waals surface area contributed by atoms with Crippen molar-refractivity contribution in [3.05, 3.63) is 57.8 Å². The van der Waals surface area contributed by atoms with E-state index in [2.05, 4.69) is 21.2 Å². The van der Waals surface area contributed by atoms with Crippen LogP contribution in [0.5, 0.6) is 11.5 Å². The molecule has 2 aromatic rings. The Kier molecular flexibility index (Phi) is 6.97. The molecule has 0 saturated heterocycles. The van der Waals surface area contributed by atoms with E-state index >= 15 is 0 Å². The highest BCUT2D eigenvalue weighted by Crippen LogP contribution is 2.28. The van der Waals surface area contributed by atoms with Crippen molar-refractivity contribution in [2.24, 2.45) is 5.73 Å². The Morgan fingerprint density at radius 2 is 1.88 bits per heavy atom. The van der Waals surface area contributed by atoms with Crippen molar-refractivity contribution < 1.29 is 23.5 Å². The first-order chi connectivity index (χ1) is 12.4. The van der Waals surface area contributed by atoms with Crippen molar-refractivity contribution in [1.29, 1.82) is 0 Å². The van der Waals surface area contributed by atoms with Crippen molar-refractivity contribution >= 4 is 27.7 Å². The summed E-state index contributed by atoms with van der Waals surface area (Å²) >= 11 is 3.09. The molecule has 0 heterocycles. The number of methoxy groups -OCH3 is 1. The molecule has 6 nitrogen and oxygen atoms in total. The van der Waals surface area contributed by atoms with E-state index in [9.17, 15) is 14.0 Å². The molecule has 0 saturated carbocycles. The topological polar surface area (TPSA) is 90.7 Å². The molecule has 0 fully saturated rings. The molecule has 2 amide bonds. The minimum atomic E-state index is -0.587. The summed E-state index contributed by atoms with van der Waals surface area (Å²) in [5.74, 6) is -0.342. The molecule has 2 aromatic carbocycles. The van der Waals surface area contributed by atoms with E-state index in [1.165, 1.54) is 13.2 Å². The van der Waals surface area contributed by atoms with Gasteiger partial charge in [0.15, 0.2) is 18.1 Å². The maximum absolute atomic E-state index is 13.2. The number of hydrogen-bond donors (Lipinski definition) is 2. The number of benzene rings is 2. The molecule has 0 aliphatic carbocycles. The van der Waals surface area contributed by atoms with Gasteiger partial charge in [-0.15, -0.1) is 0 Å². The molecule has 0 aliphatic heterocycles. The van der Waals surface area contributed by atoms with Crippen LogP contribution in [0.15, 0.2) is 40.9 Å². The first-order valence-electron chi connectivity index (χ1n) is 7.67. The van der Waals surface area contributed by atoms with Crippen LogP contribution in [0.4, 0.5) is 4.39 Å². The van der Waals surface area contributed by atoms with Crippen LogP contribution in [-0.2, 0) is 22.6 Å². The lowest BCUT2D eigenvalue weighted by Crippen LogP contribution is -2.24. The van der Waals surface area contributed by atoms with E-state index in [0.29, 0.717) is 21.5 Å². The van der Waals surface area contributed by atoms with Crippen LogP contribution in [0.2, 0.25) is 0 Å². The zero-order chi connectivity index (χ0) is 19.1. The lowest BCUT2D eigenvalue weighted by molar-refractivity contribution is -0.121. The van der Waals surface area contributed by atoms with Gasteiger partial charge in [-0.05, 0) is 51.3 Å². The highest BCUT2D eigenvalue weighted by molar-refractivity contribution is 9.10. The molecule has 8 heteroatoms. The molecule has 26 heavy (non-hydrogen) atoms. The minimum Gasteiger partial charge on any atom is -0.493 e. The summed E-state index contributed by atoms with van der Waals surface area (Å²) in [6, 6.07) is 9.53. The van der Waals surface area contributed by atoms with Gasteiger partial charge in [0.2, 0.25) is 5.91 Å². The first kappa shape index (κ1) is 19.7. The number of hydrogen-bond acceptors (Lipinski definition) is 4. The number of halogens is 2. The Labute approximate surface area is 158 Å². The van der Waals surface area contributed by atoms with Gasteiger partial charge in [-0.2, -0.15) is 0 Å². The highest BCUT2D eigenvalue weighted by Gasteiger charge is 2.09. The molecule has 0 atom stereocenters. The Morgan fingerprint density at radius 3 is 2.54 bits per heavy atom. The first-order valence-corrected chi connectivity index (χ1v) is 8.47. The van der Waals surface area contributed by atoms with E-state index in [1.807, 2.05) is 0 Å². The van der Waals surface area contributed by atoms with E-state index in [4.69, 9.17) is 15.2 Å². The molecule has 0 bridgehead atoms. The Morgan fingerprint density at radius 1 is 1.15 bits per heavy atom. The molecule has 3 N–H and O–H groups in total. The molecule has 0 radical (unpaired) electrons. The van der Waals surface area contributed by atoms with Crippen LogP contribution < -0.4 is 20.5 Å². The van der Waals surface area contributed by atoms with Crippen LogP contribution in [0, 0.1) is 5.82 Å². The average Bonchev–Trinajstić information content (AvgIpc) is 2.61. The molecule has 0 spiro atoms. The summed E-state index contributed by atoms with van der Waals surface area (Å²) in [6.07, 6.45) is 0.135. The number of rotatable bonds is 8. The summed E-state index contributed by atoms with van der Waals surface area (Å²) in [4.78, 5) is 22.8. The molecular formula is C18H18BrFN2O4. The molecule has 138 valence electrons. The van der Waals surface area contributed by atoms with Crippen molar-refractivity contribution in [1.82, 2.24) is 5.32 Å². The number of ether oxygens (including phenoxy) is 2. The Bertz CT molecular complexity index is 814. The van der Waals surface area contributed by atoms with Gasteiger partial charge < -0.3 is 20.5 Å². The summed E-state index contributed by atoms with van der Waals surface area (Å²) in [6.45, 7) is 0.0350. The third-order valence-corrected chi connectivity index (χ3v) is 4.04. The van der Waals surface area contributed by atoms with E-state index in [1.54, 1.807) is 30.3 Å². The molecule has 0 aliphatic rings. The number of nitrogens with two attached hydrogens (primary N) is 1. The van der Waals surface area contributed by atoms with Gasteiger partial charge in [0.25, 0.3) is 5.91 Å². The van der Waals surface area contributed by atoms with Crippen molar-refractivity contribution in [3.63, 3.8) is 0 Å². The highest BCUT2D eigenvalue weighted by atomic mass is 79.9. The van der Waals surface area contributed by atoms with Crippen LogP contribution >= 0.6 is 15.9 Å². The minimum absolute atomic E-state index is 0.135. The number of nitrogens with one attached hydrogen (secondary N) is 1. The van der Waals surface area contributed by atoms with Crippen molar-refractivity contribution in [2.45, 2.75) is 13.0 Å². The van der Waals surface area contributed by atoms with Crippen molar-refractivity contribution in [2.75, 3.05) is 13.7 Å². The van der Waals surface area contributed by atoms with Crippen LogP contribution in [0.25, 0.3) is 0 Å². The van der Waals surface area contributed by atoms with Gasteiger partial charge in [-0.25, -0.2) is 4.39 Å². The number of amides is 2. The number of carbonyl (C=O) groups excluding carboxylic acids is 2. The quantitative estimate of drug-likeness (QED) is 0.680. The van der Waals surface area contributed by atoms with Gasteiger partial charge in [0, 0.05) is 6.54 Å². The molecule has 0 aromatic heterocycles. The lowest BCUT2D eigenvalue weighted by atomic mass is 10.1. The number of carbonyl (C=O) groups is 2. The normalized spacial score (nSPS) is 10.3. The molecule has 2 rings (SSSR count). The molecular weight excluding hydrogens is 407 g/mol. The zero-order valence-electron chi connectivity index (χ0n) is 14.1.